The molecule has 59 valence electrons. The number of nitrogens with one attached hydrogen (secondary N) is 1. The third kappa shape index (κ3) is 1.93. The highest BCUT2D eigenvalue weighted by Gasteiger charge is 2.18. The number of nitrogens with zero attached hydrogens (tertiary/aromatic N) is 1. The summed E-state index contributed by atoms with van der Waals surface area (Å²) >= 11 is 0. The molecule has 1 heterocycles. The molecule has 3 heteroatoms. The lowest BCUT2D eigenvalue weighted by Gasteiger charge is -2.22. The molecule has 0 aromatic heterocycles. The molecule has 1 atom stereocenters. The molecule has 1 aliphatic rings. The lowest BCUT2D eigenvalue weighted by molar-refractivity contribution is 0.474. The van der Waals surface area contributed by atoms with Crippen molar-refractivity contribution >= 4 is 5.94 Å². The molecule has 1 radical (unpaired) electrons. The van der Waals surface area contributed by atoms with Crippen molar-refractivity contribution in [2.24, 2.45) is 0 Å². The first kappa shape index (κ1) is 8.05. The predicted octanol–water partition coefficient (Wildman–Crippen LogP) is -0.146. The van der Waals surface area contributed by atoms with Gasteiger partial charge in [0, 0.05) is 6.54 Å². The quantitative estimate of drug-likeness (QED) is 0.440. The highest BCUT2D eigenvalue weighted by atomic mass is 16.1. The van der Waals surface area contributed by atoms with Crippen molar-refractivity contribution in [3.63, 3.8) is 0 Å². The second-order valence-corrected chi connectivity index (χ2v) is 2.40. The minimum absolute atomic E-state index is 0.0405. The van der Waals surface area contributed by atoms with Gasteiger partial charge < -0.3 is 5.32 Å². The molecule has 1 aliphatic heterocycles. The molecule has 1 unspecified atom stereocenters. The van der Waals surface area contributed by atoms with Gasteiger partial charge in [0.25, 0.3) is 0 Å². The summed E-state index contributed by atoms with van der Waals surface area (Å²) in [7, 11) is 0. The van der Waals surface area contributed by atoms with Crippen LogP contribution in [0.2, 0.25) is 0 Å². The normalized spacial score (nSPS) is 23.6. The Morgan fingerprint density at radius 1 is 1.91 bits per heavy atom. The van der Waals surface area contributed by atoms with Gasteiger partial charge in [-0.25, -0.2) is 4.79 Å². The van der Waals surface area contributed by atoms with Crippen LogP contribution in [0, 0.1) is 0 Å². The van der Waals surface area contributed by atoms with Gasteiger partial charge in [0.2, 0.25) is 0 Å². The van der Waals surface area contributed by atoms with Crippen molar-refractivity contribution in [3.05, 3.63) is 18.4 Å². The fourth-order valence-corrected chi connectivity index (χ4v) is 1.09. The fourth-order valence-electron chi connectivity index (χ4n) is 1.09. The van der Waals surface area contributed by atoms with Gasteiger partial charge in [-0.15, -0.1) is 6.58 Å². The van der Waals surface area contributed by atoms with Crippen LogP contribution in [-0.2, 0) is 4.79 Å². The van der Waals surface area contributed by atoms with Gasteiger partial charge in [-0.05, 0) is 6.42 Å². The third-order valence-electron chi connectivity index (χ3n) is 1.62. The van der Waals surface area contributed by atoms with E-state index >= 15 is 0 Å². The maximum absolute atomic E-state index is 10.3. The van der Waals surface area contributed by atoms with Crippen LogP contribution in [-0.4, -0.2) is 25.1 Å². The van der Waals surface area contributed by atoms with E-state index in [1.807, 2.05) is 5.94 Å². The average Bonchev–Trinajstić information content (AvgIpc) is 2.06. The summed E-state index contributed by atoms with van der Waals surface area (Å²) < 4.78 is 0. The molecule has 0 aliphatic carbocycles. The summed E-state index contributed by atoms with van der Waals surface area (Å²) in [6.07, 6.45) is 2.52. The van der Waals surface area contributed by atoms with Gasteiger partial charge in [-0.3, -0.25) is 5.32 Å². The molecular weight excluding hydrogens is 140 g/mol. The van der Waals surface area contributed by atoms with Gasteiger partial charge in [0.05, 0.1) is 12.6 Å². The van der Waals surface area contributed by atoms with E-state index < -0.39 is 0 Å². The van der Waals surface area contributed by atoms with E-state index in [1.54, 1.807) is 6.08 Å². The average molecular weight is 151 g/mol. The first-order chi connectivity index (χ1) is 5.38. The molecule has 1 N–H and O–H groups in total. The maximum atomic E-state index is 10.3. The molecule has 0 saturated carbocycles. The molecule has 0 spiro atoms. The summed E-state index contributed by atoms with van der Waals surface area (Å²) in [6.45, 7) is 5.11. The molecule has 3 nitrogen and oxygen atoms in total. The standard InChI is InChI=1S/C8H11N2O/c1-2-3-7-8(6-11)10-5-4-9-7/h2,7,9H,1,3-5H2. The minimum atomic E-state index is 0.0405. The molecule has 11 heavy (non-hydrogen) atoms. The number of piperazine rings is 1. The molecule has 1 saturated heterocycles. The van der Waals surface area contributed by atoms with Crippen molar-refractivity contribution in [1.82, 2.24) is 10.6 Å². The third-order valence-corrected chi connectivity index (χ3v) is 1.62. The van der Waals surface area contributed by atoms with Crippen LogP contribution < -0.4 is 10.6 Å². The molecular formula is C8H11N2O. The van der Waals surface area contributed by atoms with Crippen molar-refractivity contribution in [2.45, 2.75) is 12.5 Å². The summed E-state index contributed by atoms with van der Waals surface area (Å²) in [6, 6.07) is 0.0405. The van der Waals surface area contributed by atoms with Gasteiger partial charge >= 0.3 is 0 Å². The van der Waals surface area contributed by atoms with E-state index in [-0.39, 0.29) is 6.04 Å². The van der Waals surface area contributed by atoms with E-state index in [2.05, 4.69) is 17.2 Å². The topological polar surface area (TPSA) is 43.2 Å². The van der Waals surface area contributed by atoms with Crippen LogP contribution in [0.25, 0.3) is 0 Å². The summed E-state index contributed by atoms with van der Waals surface area (Å²) in [4.78, 5) is 10.3. The van der Waals surface area contributed by atoms with Crippen molar-refractivity contribution < 1.29 is 4.79 Å². The summed E-state index contributed by atoms with van der Waals surface area (Å²) in [5, 5.41) is 7.19. The van der Waals surface area contributed by atoms with Gasteiger partial charge in [0.15, 0.2) is 0 Å². The fraction of sp³-hybridized carbons (Fsp3) is 0.500. The van der Waals surface area contributed by atoms with Crippen molar-refractivity contribution in [2.75, 3.05) is 13.1 Å². The van der Waals surface area contributed by atoms with E-state index in [1.165, 1.54) is 0 Å². The Bertz CT molecular complexity index is 194. The van der Waals surface area contributed by atoms with E-state index in [0.717, 1.165) is 13.0 Å². The lowest BCUT2D eigenvalue weighted by atomic mass is 10.1. The highest BCUT2D eigenvalue weighted by molar-refractivity contribution is 5.54. The Balaban J connectivity index is 2.58. The zero-order valence-corrected chi connectivity index (χ0v) is 6.34. The van der Waals surface area contributed by atoms with Crippen LogP contribution in [0.3, 0.4) is 0 Å². The highest BCUT2D eigenvalue weighted by Crippen LogP contribution is 2.04. The monoisotopic (exact) mass is 151 g/mol. The molecule has 0 aromatic carbocycles. The second kappa shape index (κ2) is 3.96. The smallest absolute Gasteiger partial charge is 0.149 e. The zero-order chi connectivity index (χ0) is 8.10. The van der Waals surface area contributed by atoms with Crippen molar-refractivity contribution in [1.29, 1.82) is 0 Å². The van der Waals surface area contributed by atoms with E-state index in [9.17, 15) is 4.79 Å². The zero-order valence-electron chi connectivity index (χ0n) is 6.34. The summed E-state index contributed by atoms with van der Waals surface area (Å²) in [5.74, 6) is 1.83. The van der Waals surface area contributed by atoms with Gasteiger partial charge in [-0.2, -0.15) is 0 Å². The lowest BCUT2D eigenvalue weighted by Crippen LogP contribution is -2.43. The Morgan fingerprint density at radius 3 is 3.36 bits per heavy atom. The van der Waals surface area contributed by atoms with Crippen LogP contribution in [0.4, 0.5) is 0 Å². The number of rotatable bonds is 2. The minimum Gasteiger partial charge on any atom is -0.306 e. The molecule has 0 bridgehead atoms. The predicted molar refractivity (Wildman–Crippen MR) is 42.8 cm³/mol. The SMILES string of the molecule is C=CCC1NCC[N]C1=C=O. The Hall–Kier alpha value is -1.05. The Kier molecular flexibility index (Phi) is 2.90. The molecule has 0 aromatic rings. The number of hydrogen-bond donors (Lipinski definition) is 1. The second-order valence-electron chi connectivity index (χ2n) is 2.40. The molecule has 1 rings (SSSR count). The van der Waals surface area contributed by atoms with Crippen molar-refractivity contribution in [3.8, 4) is 0 Å². The molecule has 1 fully saturated rings. The van der Waals surface area contributed by atoms with Gasteiger partial charge in [-0.1, -0.05) is 6.08 Å². The summed E-state index contributed by atoms with van der Waals surface area (Å²) in [5.41, 5.74) is 0.496. The number of carbonyl (C=O) groups excluding carboxylic acids is 1. The van der Waals surface area contributed by atoms with E-state index in [0.29, 0.717) is 12.2 Å². The van der Waals surface area contributed by atoms with E-state index in [4.69, 9.17) is 0 Å². The van der Waals surface area contributed by atoms with Crippen LogP contribution in [0.15, 0.2) is 18.4 Å². The van der Waals surface area contributed by atoms with Crippen LogP contribution in [0.5, 0.6) is 0 Å². The molecule has 0 amide bonds. The largest absolute Gasteiger partial charge is 0.306 e. The maximum Gasteiger partial charge on any atom is 0.149 e. The van der Waals surface area contributed by atoms with Crippen LogP contribution in [0.1, 0.15) is 6.42 Å². The Morgan fingerprint density at radius 2 is 2.73 bits per heavy atom. The first-order valence-electron chi connectivity index (χ1n) is 3.65. The number of hydrogen-bond acceptors (Lipinski definition) is 2. The first-order valence-corrected chi connectivity index (χ1v) is 3.65. The van der Waals surface area contributed by atoms with Gasteiger partial charge in [0.1, 0.15) is 11.6 Å². The van der Waals surface area contributed by atoms with Crippen LogP contribution >= 0.6 is 0 Å². The Labute approximate surface area is 66.2 Å².